The third-order valence-corrected chi connectivity index (χ3v) is 5.71. The molecular formula is C24H24N2O5. The predicted octanol–water partition coefficient (Wildman–Crippen LogP) is 3.16. The Balaban J connectivity index is 1.42. The van der Waals surface area contributed by atoms with Crippen molar-refractivity contribution in [2.45, 2.75) is 24.8 Å². The van der Waals surface area contributed by atoms with Crippen LogP contribution in [-0.4, -0.2) is 53.7 Å². The number of carbonyl (C=O) groups excluding carboxylic acids is 2. The van der Waals surface area contributed by atoms with E-state index >= 15 is 0 Å². The molecular weight excluding hydrogens is 396 g/mol. The smallest absolute Gasteiger partial charge is 0.407 e. The third kappa shape index (κ3) is 4.45. The number of hydrogen-bond donors (Lipinski definition) is 2. The van der Waals surface area contributed by atoms with Gasteiger partial charge >= 0.3 is 12.1 Å². The molecule has 160 valence electrons. The van der Waals surface area contributed by atoms with E-state index < -0.39 is 18.1 Å². The van der Waals surface area contributed by atoms with E-state index in [-0.39, 0.29) is 31.3 Å². The van der Waals surface area contributed by atoms with Crippen LogP contribution in [0.3, 0.4) is 0 Å². The first-order valence-corrected chi connectivity index (χ1v) is 10.3. The summed E-state index contributed by atoms with van der Waals surface area (Å²) in [5, 5.41) is 11.6. The number of rotatable bonds is 7. The molecule has 0 saturated carbocycles. The summed E-state index contributed by atoms with van der Waals surface area (Å²) in [5.74, 6) is -1.42. The number of carbonyl (C=O) groups is 3. The molecule has 1 aliphatic heterocycles. The topological polar surface area (TPSA) is 95.9 Å². The van der Waals surface area contributed by atoms with Crippen molar-refractivity contribution >= 4 is 18.0 Å². The molecule has 1 aliphatic carbocycles. The van der Waals surface area contributed by atoms with Crippen molar-refractivity contribution in [2.75, 3.05) is 19.7 Å². The van der Waals surface area contributed by atoms with E-state index in [4.69, 9.17) is 9.84 Å². The maximum atomic E-state index is 12.7. The van der Waals surface area contributed by atoms with Gasteiger partial charge in [-0.3, -0.25) is 9.59 Å². The van der Waals surface area contributed by atoms with Crippen LogP contribution in [0.4, 0.5) is 4.79 Å². The van der Waals surface area contributed by atoms with Crippen LogP contribution < -0.4 is 5.32 Å². The number of hydrogen-bond acceptors (Lipinski definition) is 4. The van der Waals surface area contributed by atoms with Gasteiger partial charge in [-0.05, 0) is 28.7 Å². The van der Waals surface area contributed by atoms with E-state index in [1.54, 1.807) is 4.90 Å². The van der Waals surface area contributed by atoms with E-state index in [2.05, 4.69) is 17.4 Å². The van der Waals surface area contributed by atoms with E-state index in [1.165, 1.54) is 0 Å². The summed E-state index contributed by atoms with van der Waals surface area (Å²) in [6, 6.07) is 15.1. The lowest BCUT2D eigenvalue weighted by Crippen LogP contribution is -2.48. The monoisotopic (exact) mass is 420 g/mol. The zero-order valence-electron chi connectivity index (χ0n) is 17.0. The highest BCUT2D eigenvalue weighted by Gasteiger charge is 2.31. The molecule has 2 aromatic carbocycles. The fourth-order valence-electron chi connectivity index (χ4n) is 4.19. The molecule has 0 fully saturated rings. The number of alkyl carbamates (subject to hydrolysis) is 1. The molecule has 0 aromatic heterocycles. The highest BCUT2D eigenvalue weighted by atomic mass is 16.5. The van der Waals surface area contributed by atoms with Crippen LogP contribution in [0.25, 0.3) is 11.1 Å². The molecule has 1 unspecified atom stereocenters. The average Bonchev–Trinajstić information content (AvgIpc) is 3.41. The van der Waals surface area contributed by atoms with Crippen LogP contribution in [0, 0.1) is 0 Å². The van der Waals surface area contributed by atoms with Crippen molar-refractivity contribution in [3.05, 3.63) is 71.8 Å². The van der Waals surface area contributed by atoms with Gasteiger partial charge < -0.3 is 20.1 Å². The molecule has 2 aliphatic rings. The number of carboxylic acid groups (broad SMARTS) is 1. The quantitative estimate of drug-likeness (QED) is 0.671. The fourth-order valence-corrected chi connectivity index (χ4v) is 4.19. The summed E-state index contributed by atoms with van der Waals surface area (Å²) in [6.07, 6.45) is 2.78. The standard InChI is InChI=1S/C24H24N2O5/c27-22(28)12-11-21(23(29)26-13-5-6-14-26)25-24(30)31-15-20-18-9-3-1-7-16(18)17-8-2-4-10-19(17)20/h1-10,20-21H,11-15H2,(H,25,30)(H,27,28). The maximum Gasteiger partial charge on any atom is 0.407 e. The largest absolute Gasteiger partial charge is 0.481 e. The first kappa shape index (κ1) is 20.7. The normalized spacial score (nSPS) is 15.3. The number of nitrogens with one attached hydrogen (secondary N) is 1. The van der Waals surface area contributed by atoms with E-state index in [9.17, 15) is 14.4 Å². The molecule has 7 heteroatoms. The molecule has 2 aromatic rings. The van der Waals surface area contributed by atoms with Crippen molar-refractivity contribution < 1.29 is 24.2 Å². The number of benzene rings is 2. The van der Waals surface area contributed by atoms with Crippen molar-refractivity contribution in [2.24, 2.45) is 0 Å². The van der Waals surface area contributed by atoms with Crippen molar-refractivity contribution in [3.8, 4) is 11.1 Å². The first-order chi connectivity index (χ1) is 15.0. The van der Waals surface area contributed by atoms with Crippen LogP contribution in [0.1, 0.15) is 29.9 Å². The minimum Gasteiger partial charge on any atom is -0.481 e. The number of aliphatic carboxylic acids is 1. The lowest BCUT2D eigenvalue weighted by Gasteiger charge is -2.24. The van der Waals surface area contributed by atoms with Gasteiger partial charge in [0, 0.05) is 25.4 Å². The second-order valence-corrected chi connectivity index (χ2v) is 7.67. The van der Waals surface area contributed by atoms with Gasteiger partial charge in [0.2, 0.25) is 5.91 Å². The minimum absolute atomic E-state index is 0.00879. The van der Waals surface area contributed by atoms with E-state index in [0.29, 0.717) is 13.1 Å². The van der Waals surface area contributed by atoms with Gasteiger partial charge in [0.05, 0.1) is 0 Å². The van der Waals surface area contributed by atoms with Crippen LogP contribution >= 0.6 is 0 Å². The summed E-state index contributed by atoms with van der Waals surface area (Å²) in [5.41, 5.74) is 4.45. The van der Waals surface area contributed by atoms with Gasteiger partial charge in [0.1, 0.15) is 12.6 Å². The SMILES string of the molecule is O=C(O)CCC(NC(=O)OCC1c2ccccc2-c2ccccc21)C(=O)N1CC=CC1. The number of fused-ring (bicyclic) bond motifs is 3. The predicted molar refractivity (Wildman–Crippen MR) is 115 cm³/mol. The second-order valence-electron chi connectivity index (χ2n) is 7.67. The van der Waals surface area contributed by atoms with Crippen LogP contribution in [0.5, 0.6) is 0 Å². The van der Waals surface area contributed by atoms with Gasteiger partial charge in [0.15, 0.2) is 0 Å². The zero-order chi connectivity index (χ0) is 21.8. The highest BCUT2D eigenvalue weighted by molar-refractivity contribution is 5.87. The van der Waals surface area contributed by atoms with Crippen LogP contribution in [0.15, 0.2) is 60.7 Å². The Bertz CT molecular complexity index is 979. The summed E-state index contributed by atoms with van der Waals surface area (Å²) < 4.78 is 5.51. The van der Waals surface area contributed by atoms with Crippen LogP contribution in [0.2, 0.25) is 0 Å². The Labute approximate surface area is 180 Å². The van der Waals surface area contributed by atoms with Gasteiger partial charge in [-0.2, -0.15) is 0 Å². The van der Waals surface area contributed by atoms with Gasteiger partial charge in [-0.1, -0.05) is 60.7 Å². The number of ether oxygens (including phenoxy) is 1. The second kappa shape index (κ2) is 9.04. The molecule has 7 nitrogen and oxygen atoms in total. The summed E-state index contributed by atoms with van der Waals surface area (Å²) in [4.78, 5) is 37.8. The maximum absolute atomic E-state index is 12.7. The molecule has 1 atom stereocenters. The zero-order valence-corrected chi connectivity index (χ0v) is 17.0. The summed E-state index contributed by atoms with van der Waals surface area (Å²) in [6.45, 7) is 1.04. The lowest BCUT2D eigenvalue weighted by atomic mass is 9.98. The van der Waals surface area contributed by atoms with Gasteiger partial charge in [-0.25, -0.2) is 4.79 Å². The Hall–Kier alpha value is -3.61. The average molecular weight is 420 g/mol. The number of amides is 2. The van der Waals surface area contributed by atoms with Crippen molar-refractivity contribution in [1.29, 1.82) is 0 Å². The molecule has 0 bridgehead atoms. The Kier molecular flexibility index (Phi) is 6.02. The Morgan fingerprint density at radius 3 is 2.16 bits per heavy atom. The molecule has 4 rings (SSSR count). The van der Waals surface area contributed by atoms with Gasteiger partial charge in [-0.15, -0.1) is 0 Å². The van der Waals surface area contributed by atoms with Crippen molar-refractivity contribution in [1.82, 2.24) is 10.2 Å². The number of carboxylic acids is 1. The van der Waals surface area contributed by atoms with Crippen LogP contribution in [-0.2, 0) is 14.3 Å². The lowest BCUT2D eigenvalue weighted by molar-refractivity contribution is -0.137. The summed E-state index contributed by atoms with van der Waals surface area (Å²) >= 11 is 0. The number of nitrogens with zero attached hydrogens (tertiary/aromatic N) is 1. The highest BCUT2D eigenvalue weighted by Crippen LogP contribution is 2.44. The minimum atomic E-state index is -1.02. The third-order valence-electron chi connectivity index (χ3n) is 5.71. The molecule has 31 heavy (non-hydrogen) atoms. The first-order valence-electron chi connectivity index (χ1n) is 10.3. The molecule has 2 N–H and O–H groups in total. The van der Waals surface area contributed by atoms with E-state index in [1.807, 2.05) is 48.6 Å². The molecule has 2 amide bonds. The Morgan fingerprint density at radius 1 is 1.00 bits per heavy atom. The molecule has 1 heterocycles. The summed E-state index contributed by atoms with van der Waals surface area (Å²) in [7, 11) is 0. The Morgan fingerprint density at radius 2 is 1.58 bits per heavy atom. The fraction of sp³-hybridized carbons (Fsp3) is 0.292. The van der Waals surface area contributed by atoms with Crippen molar-refractivity contribution in [3.63, 3.8) is 0 Å². The molecule has 0 spiro atoms. The molecule has 0 saturated heterocycles. The van der Waals surface area contributed by atoms with E-state index in [0.717, 1.165) is 22.3 Å². The van der Waals surface area contributed by atoms with Gasteiger partial charge in [0.25, 0.3) is 0 Å². The molecule has 0 radical (unpaired) electrons.